The molecule has 0 aliphatic heterocycles. The zero-order chi connectivity index (χ0) is 12.7. The molecule has 0 bridgehead atoms. The quantitative estimate of drug-likeness (QED) is 0.550. The van der Waals surface area contributed by atoms with Crippen LogP contribution >= 0.6 is 12.2 Å². The van der Waals surface area contributed by atoms with Crippen molar-refractivity contribution in [2.24, 2.45) is 0 Å². The Morgan fingerprint density at radius 2 is 2.06 bits per heavy atom. The Hall–Kier alpha value is -1.82. The lowest BCUT2D eigenvalue weighted by Crippen LogP contribution is -2.46. The summed E-state index contributed by atoms with van der Waals surface area (Å²) in [7, 11) is 1.52. The minimum Gasteiger partial charge on any atom is -0.496 e. The van der Waals surface area contributed by atoms with E-state index in [9.17, 15) is 4.79 Å². The molecule has 3 N–H and O–H groups in total. The summed E-state index contributed by atoms with van der Waals surface area (Å²) in [5.41, 5.74) is 5.53. The summed E-state index contributed by atoms with van der Waals surface area (Å²) >= 11 is 4.91. The van der Waals surface area contributed by atoms with E-state index in [0.29, 0.717) is 23.0 Å². The third-order valence-electron chi connectivity index (χ3n) is 1.98. The molecule has 0 saturated carbocycles. The van der Waals surface area contributed by atoms with E-state index in [1.807, 2.05) is 6.92 Å². The Kier molecular flexibility index (Phi) is 5.22. The van der Waals surface area contributed by atoms with Gasteiger partial charge in [0.05, 0.1) is 12.7 Å². The second-order valence-electron chi connectivity index (χ2n) is 3.14. The van der Waals surface area contributed by atoms with E-state index in [0.717, 1.165) is 0 Å². The van der Waals surface area contributed by atoms with Gasteiger partial charge in [0.25, 0.3) is 5.91 Å². The van der Waals surface area contributed by atoms with Gasteiger partial charge in [-0.2, -0.15) is 0 Å². The van der Waals surface area contributed by atoms with Crippen molar-refractivity contribution in [3.8, 4) is 5.75 Å². The summed E-state index contributed by atoms with van der Waals surface area (Å²) in [6.45, 7) is 2.60. The normalized spacial score (nSPS) is 9.29. The van der Waals surface area contributed by atoms with E-state index in [2.05, 4.69) is 16.2 Å². The zero-order valence-electron chi connectivity index (χ0n) is 9.74. The molecule has 92 valence electrons. The number of rotatable bonds is 3. The van der Waals surface area contributed by atoms with Crippen LogP contribution in [0, 0.1) is 0 Å². The number of hydrazine groups is 1. The van der Waals surface area contributed by atoms with E-state index >= 15 is 0 Å². The first-order valence-corrected chi connectivity index (χ1v) is 5.57. The van der Waals surface area contributed by atoms with Gasteiger partial charge in [-0.05, 0) is 31.3 Å². The molecule has 1 amide bonds. The molecular formula is C11H15N3O2S. The molecule has 0 aromatic heterocycles. The lowest BCUT2D eigenvalue weighted by Gasteiger charge is -2.11. The number of nitrogens with one attached hydrogen (secondary N) is 3. The number of carbonyl (C=O) groups excluding carboxylic acids is 1. The van der Waals surface area contributed by atoms with Crippen molar-refractivity contribution in [2.75, 3.05) is 13.7 Å². The molecule has 0 spiro atoms. The summed E-state index contributed by atoms with van der Waals surface area (Å²) in [6, 6.07) is 6.95. The monoisotopic (exact) mass is 253 g/mol. The molecule has 0 saturated heterocycles. The van der Waals surface area contributed by atoms with Gasteiger partial charge in [0, 0.05) is 6.54 Å². The van der Waals surface area contributed by atoms with Crippen LogP contribution in [0.5, 0.6) is 5.75 Å². The molecule has 1 aromatic carbocycles. The molecule has 6 heteroatoms. The standard InChI is InChI=1S/C11H15N3O2S/c1-3-12-11(17)14-13-10(15)8-6-4-5-7-9(8)16-2/h4-7H,3H2,1-2H3,(H,13,15)(H2,12,14,17). The first-order chi connectivity index (χ1) is 8.19. The maximum Gasteiger partial charge on any atom is 0.273 e. The van der Waals surface area contributed by atoms with Gasteiger partial charge < -0.3 is 10.1 Å². The lowest BCUT2D eigenvalue weighted by atomic mass is 10.2. The van der Waals surface area contributed by atoms with Crippen molar-refractivity contribution in [3.63, 3.8) is 0 Å². The number of thiocarbonyl (C=S) groups is 1. The average molecular weight is 253 g/mol. The van der Waals surface area contributed by atoms with Gasteiger partial charge in [-0.1, -0.05) is 12.1 Å². The topological polar surface area (TPSA) is 62.4 Å². The highest BCUT2D eigenvalue weighted by Crippen LogP contribution is 2.16. The van der Waals surface area contributed by atoms with Crippen molar-refractivity contribution < 1.29 is 9.53 Å². The number of hydrogen-bond donors (Lipinski definition) is 3. The second kappa shape index (κ2) is 6.70. The average Bonchev–Trinajstić information content (AvgIpc) is 2.36. The largest absolute Gasteiger partial charge is 0.496 e. The second-order valence-corrected chi connectivity index (χ2v) is 3.55. The third-order valence-corrected chi connectivity index (χ3v) is 2.22. The van der Waals surface area contributed by atoms with E-state index in [1.165, 1.54) is 7.11 Å². The van der Waals surface area contributed by atoms with Crippen LogP contribution in [0.2, 0.25) is 0 Å². The van der Waals surface area contributed by atoms with E-state index in [1.54, 1.807) is 24.3 Å². The van der Waals surface area contributed by atoms with E-state index < -0.39 is 0 Å². The van der Waals surface area contributed by atoms with Gasteiger partial charge in [-0.25, -0.2) is 0 Å². The number of carbonyl (C=O) groups is 1. The molecule has 0 unspecified atom stereocenters. The van der Waals surface area contributed by atoms with Crippen molar-refractivity contribution in [2.45, 2.75) is 6.92 Å². The summed E-state index contributed by atoms with van der Waals surface area (Å²) in [4.78, 5) is 11.8. The summed E-state index contributed by atoms with van der Waals surface area (Å²) in [5.74, 6) is 0.212. The van der Waals surface area contributed by atoms with Crippen LogP contribution in [-0.4, -0.2) is 24.7 Å². The van der Waals surface area contributed by atoms with Gasteiger partial charge in [-0.15, -0.1) is 0 Å². The summed E-state index contributed by atoms with van der Waals surface area (Å²) in [5, 5.41) is 3.23. The van der Waals surface area contributed by atoms with Gasteiger partial charge >= 0.3 is 0 Å². The summed E-state index contributed by atoms with van der Waals surface area (Å²) < 4.78 is 5.08. The zero-order valence-corrected chi connectivity index (χ0v) is 10.6. The van der Waals surface area contributed by atoms with Crippen LogP contribution in [0.25, 0.3) is 0 Å². The van der Waals surface area contributed by atoms with Crippen LogP contribution in [0.4, 0.5) is 0 Å². The minimum atomic E-state index is -0.303. The van der Waals surface area contributed by atoms with Crippen LogP contribution in [0.3, 0.4) is 0 Å². The van der Waals surface area contributed by atoms with Gasteiger partial charge in [0.15, 0.2) is 5.11 Å². The van der Waals surface area contributed by atoms with Gasteiger partial charge in [0.2, 0.25) is 0 Å². The number of amides is 1. The van der Waals surface area contributed by atoms with Gasteiger partial charge in [-0.3, -0.25) is 15.6 Å². The number of ether oxygens (including phenoxy) is 1. The molecule has 1 aromatic rings. The first kappa shape index (κ1) is 13.2. The number of benzene rings is 1. The molecule has 1 rings (SSSR count). The van der Waals surface area contributed by atoms with Crippen molar-refractivity contribution in [1.82, 2.24) is 16.2 Å². The summed E-state index contributed by atoms with van der Waals surface area (Å²) in [6.07, 6.45) is 0. The third kappa shape index (κ3) is 3.92. The van der Waals surface area contributed by atoms with Gasteiger partial charge in [0.1, 0.15) is 5.75 Å². The van der Waals surface area contributed by atoms with Crippen LogP contribution in [0.1, 0.15) is 17.3 Å². The van der Waals surface area contributed by atoms with E-state index in [-0.39, 0.29) is 5.91 Å². The van der Waals surface area contributed by atoms with Crippen molar-refractivity contribution in [3.05, 3.63) is 29.8 Å². The maximum absolute atomic E-state index is 11.8. The van der Waals surface area contributed by atoms with Crippen LogP contribution in [0.15, 0.2) is 24.3 Å². The Labute approximate surface area is 106 Å². The Balaban J connectivity index is 2.61. The maximum atomic E-state index is 11.8. The molecule has 0 atom stereocenters. The molecule has 17 heavy (non-hydrogen) atoms. The van der Waals surface area contributed by atoms with E-state index in [4.69, 9.17) is 17.0 Å². The number of para-hydroxylation sites is 1. The van der Waals surface area contributed by atoms with Crippen LogP contribution < -0.4 is 20.9 Å². The Bertz CT molecular complexity index is 409. The minimum absolute atomic E-state index is 0.303. The SMILES string of the molecule is CCNC(=S)NNC(=O)c1ccccc1OC. The fourth-order valence-corrected chi connectivity index (χ4v) is 1.41. The van der Waals surface area contributed by atoms with Crippen molar-refractivity contribution in [1.29, 1.82) is 0 Å². The Morgan fingerprint density at radius 1 is 1.35 bits per heavy atom. The molecule has 0 fully saturated rings. The van der Waals surface area contributed by atoms with Crippen molar-refractivity contribution >= 4 is 23.2 Å². The number of methoxy groups -OCH3 is 1. The van der Waals surface area contributed by atoms with Crippen LogP contribution in [-0.2, 0) is 0 Å². The first-order valence-electron chi connectivity index (χ1n) is 5.16. The fraction of sp³-hybridized carbons (Fsp3) is 0.273. The molecular weight excluding hydrogens is 238 g/mol. The highest BCUT2D eigenvalue weighted by atomic mass is 32.1. The predicted octanol–water partition coefficient (Wildman–Crippen LogP) is 0.824. The molecule has 0 aliphatic rings. The number of hydrogen-bond acceptors (Lipinski definition) is 3. The smallest absolute Gasteiger partial charge is 0.273 e. The highest BCUT2D eigenvalue weighted by molar-refractivity contribution is 7.80. The molecule has 0 aliphatic carbocycles. The molecule has 5 nitrogen and oxygen atoms in total. The fourth-order valence-electron chi connectivity index (χ4n) is 1.22. The molecule has 0 radical (unpaired) electrons. The molecule has 0 heterocycles. The lowest BCUT2D eigenvalue weighted by molar-refractivity contribution is 0.0940. The highest BCUT2D eigenvalue weighted by Gasteiger charge is 2.10. The Morgan fingerprint density at radius 3 is 2.71 bits per heavy atom. The predicted molar refractivity (Wildman–Crippen MR) is 69.9 cm³/mol.